The van der Waals surface area contributed by atoms with Crippen molar-refractivity contribution in [1.82, 2.24) is 0 Å². The maximum absolute atomic E-state index is 13.5. The first kappa shape index (κ1) is 48.1. The van der Waals surface area contributed by atoms with Crippen LogP contribution in [0.4, 0.5) is 0 Å². The predicted octanol–water partition coefficient (Wildman–Crippen LogP) is 5.88. The lowest BCUT2D eigenvalue weighted by atomic mass is 9.74. The molecule has 3 aliphatic rings. The van der Waals surface area contributed by atoms with Gasteiger partial charge in [0.15, 0.2) is 11.6 Å². The van der Waals surface area contributed by atoms with E-state index in [4.69, 9.17) is 14.2 Å². The molecule has 11 nitrogen and oxygen atoms in total. The maximum Gasteiger partial charge on any atom is 0.330 e. The van der Waals surface area contributed by atoms with E-state index < -0.39 is 89.0 Å². The zero-order valence-electron chi connectivity index (χ0n) is 35.8. The largest absolute Gasteiger partial charge is 0.458 e. The topological polar surface area (TPSA) is 180 Å². The first-order chi connectivity index (χ1) is 26.1. The molecule has 2 fully saturated rings. The zero-order valence-corrected chi connectivity index (χ0v) is 35.8. The number of ketones is 2. The molecule has 1 spiro atoms. The van der Waals surface area contributed by atoms with E-state index in [1.165, 1.54) is 39.8 Å². The number of hydrogen-bond donors (Lipinski definition) is 5. The smallest absolute Gasteiger partial charge is 0.330 e. The van der Waals surface area contributed by atoms with Gasteiger partial charge in [0, 0.05) is 48.0 Å². The van der Waals surface area contributed by atoms with Crippen LogP contribution >= 0.6 is 0 Å². The Balaban J connectivity index is 1.99. The number of Topliss-reactive ketones (excluding diaryl/α,β-unsaturated/α-hetero) is 2. The van der Waals surface area contributed by atoms with Gasteiger partial charge >= 0.3 is 5.97 Å². The van der Waals surface area contributed by atoms with Crippen LogP contribution in [0.25, 0.3) is 0 Å². The summed E-state index contributed by atoms with van der Waals surface area (Å²) in [6, 6.07) is 0. The number of carbonyl (C=O) groups is 3. The highest BCUT2D eigenvalue weighted by Crippen LogP contribution is 2.49. The van der Waals surface area contributed by atoms with Gasteiger partial charge in [0.05, 0.1) is 36.6 Å². The van der Waals surface area contributed by atoms with Gasteiger partial charge in [-0.05, 0) is 70.1 Å². The highest BCUT2D eigenvalue weighted by molar-refractivity contribution is 5.91. The summed E-state index contributed by atoms with van der Waals surface area (Å²) >= 11 is 0. The number of aliphatic hydroxyl groups is 5. The molecule has 56 heavy (non-hydrogen) atoms. The van der Waals surface area contributed by atoms with Crippen molar-refractivity contribution < 1.29 is 54.1 Å². The van der Waals surface area contributed by atoms with E-state index in [2.05, 4.69) is 19.9 Å². The van der Waals surface area contributed by atoms with Crippen LogP contribution < -0.4 is 0 Å². The molecule has 0 radical (unpaired) electrons. The number of carbonyl (C=O) groups excluding carboxylic acids is 3. The Bertz CT molecular complexity index is 1390. The minimum atomic E-state index is -2.18. The Morgan fingerprint density at radius 3 is 2.11 bits per heavy atom. The number of ether oxygens (including phenoxy) is 3. The number of aliphatic hydroxyl groups excluding tert-OH is 4. The molecule has 3 rings (SSSR count). The molecule has 2 unspecified atom stereocenters. The second-order valence-corrected chi connectivity index (χ2v) is 18.0. The summed E-state index contributed by atoms with van der Waals surface area (Å²) in [5, 5.41) is 55.0. The second kappa shape index (κ2) is 20.6. The highest BCUT2D eigenvalue weighted by atomic mass is 16.7. The molecular weight excluding hydrogens is 716 g/mol. The third kappa shape index (κ3) is 11.5. The number of rotatable bonds is 3. The SMILES string of the molecule is CC[C@@H]1/C=C/C=C/C[C@H](C)[C@@H](O)[C@](C)(O)C(=O)[C@H](C)[C@@H](O)[C@H](C)C(=O)[C@H](C)[C@@H](O)[C@H](C)/C=C/C(=O)O[C@H]2C(C)[C@@H](CC1)O[C@@]1(CC[C@@H](C)[C@@H](CC(C)O)O1)[C@@H]2C. The third-order valence-corrected chi connectivity index (χ3v) is 13.4. The molecule has 0 aromatic heterocycles. The van der Waals surface area contributed by atoms with Gasteiger partial charge in [-0.1, -0.05) is 92.7 Å². The van der Waals surface area contributed by atoms with Gasteiger partial charge in [0.1, 0.15) is 17.5 Å². The van der Waals surface area contributed by atoms with Crippen molar-refractivity contribution in [2.24, 2.45) is 53.3 Å². The summed E-state index contributed by atoms with van der Waals surface area (Å²) in [6.07, 6.45) is 9.62. The van der Waals surface area contributed by atoms with Crippen LogP contribution in [0, 0.1) is 53.3 Å². The molecule has 5 N–H and O–H groups in total. The molecule has 0 aromatic rings. The third-order valence-electron chi connectivity index (χ3n) is 13.4. The summed E-state index contributed by atoms with van der Waals surface area (Å²) in [5.41, 5.74) is -2.18. The average Bonchev–Trinajstić information content (AvgIpc) is 3.16. The van der Waals surface area contributed by atoms with Crippen LogP contribution in [0.5, 0.6) is 0 Å². The second-order valence-electron chi connectivity index (χ2n) is 18.0. The first-order valence-electron chi connectivity index (χ1n) is 21.2. The van der Waals surface area contributed by atoms with Crippen LogP contribution in [0.2, 0.25) is 0 Å². The van der Waals surface area contributed by atoms with Gasteiger partial charge < -0.3 is 39.7 Å². The van der Waals surface area contributed by atoms with E-state index in [0.717, 1.165) is 19.3 Å². The summed E-state index contributed by atoms with van der Waals surface area (Å²) < 4.78 is 20.0. The van der Waals surface area contributed by atoms with E-state index >= 15 is 0 Å². The maximum atomic E-state index is 13.5. The van der Waals surface area contributed by atoms with Gasteiger partial charge in [-0.2, -0.15) is 0 Å². The van der Waals surface area contributed by atoms with Crippen molar-refractivity contribution >= 4 is 17.5 Å². The average molecular weight is 791 g/mol. The molecule has 0 aromatic carbocycles. The molecule has 0 aliphatic carbocycles. The van der Waals surface area contributed by atoms with Gasteiger partial charge in [0.25, 0.3) is 0 Å². The summed E-state index contributed by atoms with van der Waals surface area (Å²) in [4.78, 5) is 40.5. The van der Waals surface area contributed by atoms with Crippen molar-refractivity contribution in [3.05, 3.63) is 36.5 Å². The summed E-state index contributed by atoms with van der Waals surface area (Å²) in [6.45, 7) is 19.1. The molecule has 2 bridgehead atoms. The van der Waals surface area contributed by atoms with E-state index in [9.17, 15) is 39.9 Å². The first-order valence-corrected chi connectivity index (χ1v) is 21.2. The quantitative estimate of drug-likeness (QED) is 0.216. The van der Waals surface area contributed by atoms with Crippen LogP contribution in [-0.2, 0) is 28.6 Å². The molecule has 11 heteroatoms. The van der Waals surface area contributed by atoms with Crippen LogP contribution in [-0.4, -0.2) is 97.2 Å². The van der Waals surface area contributed by atoms with Crippen LogP contribution in [0.1, 0.15) is 121 Å². The molecule has 2 saturated heterocycles. The fourth-order valence-electron chi connectivity index (χ4n) is 9.01. The molecule has 18 atom stereocenters. The lowest BCUT2D eigenvalue weighted by Crippen LogP contribution is -2.62. The molecular formula is C45H74O11. The molecule has 3 heterocycles. The monoisotopic (exact) mass is 791 g/mol. The van der Waals surface area contributed by atoms with E-state index in [1.807, 2.05) is 32.1 Å². The van der Waals surface area contributed by atoms with Crippen molar-refractivity contribution in [3.63, 3.8) is 0 Å². The molecule has 3 aliphatic heterocycles. The fraction of sp³-hybridized carbons (Fsp3) is 0.800. The molecule has 320 valence electrons. The van der Waals surface area contributed by atoms with E-state index in [1.54, 1.807) is 20.8 Å². The minimum Gasteiger partial charge on any atom is -0.458 e. The molecule has 0 amide bonds. The number of esters is 1. The lowest BCUT2D eigenvalue weighted by molar-refractivity contribution is -0.371. The Morgan fingerprint density at radius 1 is 0.839 bits per heavy atom. The van der Waals surface area contributed by atoms with Crippen molar-refractivity contribution in [2.45, 2.75) is 175 Å². The van der Waals surface area contributed by atoms with Crippen LogP contribution in [0.3, 0.4) is 0 Å². The van der Waals surface area contributed by atoms with Gasteiger partial charge in [-0.3, -0.25) is 9.59 Å². The predicted molar refractivity (Wildman–Crippen MR) is 215 cm³/mol. The Morgan fingerprint density at radius 2 is 1.48 bits per heavy atom. The van der Waals surface area contributed by atoms with Crippen LogP contribution in [0.15, 0.2) is 36.5 Å². The number of hydrogen-bond acceptors (Lipinski definition) is 11. The van der Waals surface area contributed by atoms with E-state index in [-0.39, 0.29) is 35.9 Å². The Labute approximate surface area is 336 Å². The minimum absolute atomic E-state index is 0.168. The van der Waals surface area contributed by atoms with Crippen molar-refractivity contribution in [2.75, 3.05) is 0 Å². The standard InChI is InChI=1S/C45H74O11/c1-12-34-17-15-13-14-16-27(4)42(51)44(11,53)43(52)32(9)40(50)31(8)39(49)30(7)38(48)26(3)18-21-37(47)54-41-29(6)35(20-19-34)55-45(33(41)10)23-22-25(2)36(56-45)24-28(5)46/h13-15,17-18,21,25-36,38,40-42,46,48,50-51,53H,12,16,19-20,22-24H2,1-11H3/b14-13+,17-15+,21-18+/t25-,26-,27+,28?,29?,30-,31-,32-,33-,34-,35-,36-,38+,40+,41+,42-,44+,45-/m1/s1. The van der Waals surface area contributed by atoms with Crippen molar-refractivity contribution in [3.8, 4) is 0 Å². The molecule has 0 saturated carbocycles. The fourth-order valence-corrected chi connectivity index (χ4v) is 9.01. The summed E-state index contributed by atoms with van der Waals surface area (Å²) in [7, 11) is 0. The Hall–Kier alpha value is -2.25. The summed E-state index contributed by atoms with van der Waals surface area (Å²) in [5.74, 6) is -7.28. The number of fused-ring (bicyclic) bond motifs is 2. The van der Waals surface area contributed by atoms with Gasteiger partial charge in [-0.15, -0.1) is 0 Å². The van der Waals surface area contributed by atoms with Gasteiger partial charge in [-0.25, -0.2) is 4.79 Å². The lowest BCUT2D eigenvalue weighted by Gasteiger charge is -2.55. The normalized spacial score (nSPS) is 46.8. The number of allylic oxidation sites excluding steroid dienone is 4. The highest BCUT2D eigenvalue weighted by Gasteiger charge is 2.56. The van der Waals surface area contributed by atoms with Crippen molar-refractivity contribution in [1.29, 1.82) is 0 Å². The zero-order chi connectivity index (χ0) is 42.3. The van der Waals surface area contributed by atoms with E-state index in [0.29, 0.717) is 25.7 Å². The Kier molecular flexibility index (Phi) is 17.7. The van der Waals surface area contributed by atoms with Gasteiger partial charge in [0.2, 0.25) is 0 Å².